The Bertz CT molecular complexity index is 691. The van der Waals surface area contributed by atoms with Crippen molar-refractivity contribution in [1.82, 2.24) is 15.2 Å². The van der Waals surface area contributed by atoms with Crippen molar-refractivity contribution in [2.24, 2.45) is 5.41 Å². The molecular formula is C17H21N3O3. The number of rotatable bonds is 3. The molecule has 4 rings (SSSR count). The van der Waals surface area contributed by atoms with Crippen LogP contribution in [0.4, 0.5) is 0 Å². The number of aromatic nitrogens is 1. The molecule has 0 unspecified atom stereocenters. The lowest BCUT2D eigenvalue weighted by molar-refractivity contribution is -0.133. The van der Waals surface area contributed by atoms with E-state index in [4.69, 9.17) is 8.83 Å². The van der Waals surface area contributed by atoms with Gasteiger partial charge in [-0.15, -0.1) is 0 Å². The lowest BCUT2D eigenvalue weighted by Gasteiger charge is -2.48. The molecule has 2 saturated heterocycles. The molecule has 23 heavy (non-hydrogen) atoms. The molecule has 6 heteroatoms. The maximum absolute atomic E-state index is 12.5. The minimum Gasteiger partial charge on any atom is -0.459 e. The van der Waals surface area contributed by atoms with Crippen molar-refractivity contribution >= 4 is 5.91 Å². The van der Waals surface area contributed by atoms with Crippen molar-refractivity contribution < 1.29 is 13.6 Å². The van der Waals surface area contributed by atoms with E-state index in [0.29, 0.717) is 34.9 Å². The second-order valence-corrected chi connectivity index (χ2v) is 6.66. The van der Waals surface area contributed by atoms with Gasteiger partial charge in [-0.25, -0.2) is 4.98 Å². The zero-order valence-electron chi connectivity index (χ0n) is 13.3. The van der Waals surface area contributed by atoms with Gasteiger partial charge < -0.3 is 19.1 Å². The van der Waals surface area contributed by atoms with Gasteiger partial charge in [0, 0.05) is 26.2 Å². The van der Waals surface area contributed by atoms with Crippen LogP contribution < -0.4 is 5.32 Å². The molecule has 2 aromatic rings. The number of likely N-dealkylation sites (tertiary alicyclic amines) is 1. The molecule has 0 bridgehead atoms. The Kier molecular flexibility index (Phi) is 3.49. The fraction of sp³-hybridized carbons (Fsp3) is 0.529. The van der Waals surface area contributed by atoms with Gasteiger partial charge in [0.2, 0.25) is 5.91 Å². The summed E-state index contributed by atoms with van der Waals surface area (Å²) < 4.78 is 10.9. The quantitative estimate of drug-likeness (QED) is 0.938. The van der Waals surface area contributed by atoms with E-state index >= 15 is 0 Å². The summed E-state index contributed by atoms with van der Waals surface area (Å²) in [4.78, 5) is 18.9. The number of aryl methyl sites for hydroxylation is 1. The van der Waals surface area contributed by atoms with E-state index in [-0.39, 0.29) is 5.91 Å². The van der Waals surface area contributed by atoms with E-state index in [1.54, 1.807) is 18.4 Å². The number of carbonyl (C=O) groups excluding carboxylic acids is 1. The van der Waals surface area contributed by atoms with E-state index in [1.807, 2.05) is 11.8 Å². The fourth-order valence-corrected chi connectivity index (χ4v) is 3.42. The Morgan fingerprint density at radius 3 is 2.78 bits per heavy atom. The first-order valence-electron chi connectivity index (χ1n) is 8.14. The van der Waals surface area contributed by atoms with Crippen LogP contribution in [0, 0.1) is 12.3 Å². The van der Waals surface area contributed by atoms with Crippen LogP contribution in [0.15, 0.2) is 27.2 Å². The Balaban J connectivity index is 1.41. The summed E-state index contributed by atoms with van der Waals surface area (Å²) in [6.45, 7) is 5.74. The minimum absolute atomic E-state index is 0.134. The summed E-state index contributed by atoms with van der Waals surface area (Å²) in [6, 6.07) is 3.59. The van der Waals surface area contributed by atoms with Crippen LogP contribution >= 0.6 is 0 Å². The third kappa shape index (κ3) is 2.67. The first-order chi connectivity index (χ1) is 11.2. The van der Waals surface area contributed by atoms with Crippen molar-refractivity contribution in [2.45, 2.75) is 26.2 Å². The van der Waals surface area contributed by atoms with E-state index in [2.05, 4.69) is 10.3 Å². The monoisotopic (exact) mass is 315 g/mol. The van der Waals surface area contributed by atoms with Gasteiger partial charge in [0.05, 0.1) is 18.4 Å². The fourth-order valence-electron chi connectivity index (χ4n) is 3.42. The Hall–Kier alpha value is -2.08. The van der Waals surface area contributed by atoms with E-state index < -0.39 is 0 Å². The topological polar surface area (TPSA) is 71.5 Å². The Morgan fingerprint density at radius 1 is 1.39 bits per heavy atom. The molecule has 0 aromatic carbocycles. The molecule has 0 saturated carbocycles. The number of nitrogens with one attached hydrogen (secondary N) is 1. The van der Waals surface area contributed by atoms with Crippen molar-refractivity contribution in [3.8, 4) is 11.7 Å². The van der Waals surface area contributed by atoms with Gasteiger partial charge >= 0.3 is 0 Å². The van der Waals surface area contributed by atoms with Gasteiger partial charge in [0.15, 0.2) is 5.76 Å². The molecule has 1 spiro atoms. The van der Waals surface area contributed by atoms with E-state index in [9.17, 15) is 4.79 Å². The molecule has 0 atom stereocenters. The van der Waals surface area contributed by atoms with Crippen LogP contribution in [-0.2, 0) is 11.2 Å². The molecule has 1 N–H and O–H groups in total. The van der Waals surface area contributed by atoms with Crippen LogP contribution in [0.25, 0.3) is 11.7 Å². The lowest BCUT2D eigenvalue weighted by atomic mass is 9.73. The third-order valence-electron chi connectivity index (χ3n) is 5.12. The highest BCUT2D eigenvalue weighted by Crippen LogP contribution is 2.35. The Labute approximate surface area is 134 Å². The molecule has 0 aliphatic carbocycles. The molecule has 6 nitrogen and oxygen atoms in total. The first kappa shape index (κ1) is 14.5. The van der Waals surface area contributed by atoms with Crippen LogP contribution in [0.3, 0.4) is 0 Å². The second kappa shape index (κ2) is 5.53. The van der Waals surface area contributed by atoms with Gasteiger partial charge in [-0.1, -0.05) is 0 Å². The molecule has 122 valence electrons. The summed E-state index contributed by atoms with van der Waals surface area (Å²) in [5.74, 6) is 1.84. The highest BCUT2D eigenvalue weighted by Gasteiger charge is 2.40. The molecule has 2 fully saturated rings. The van der Waals surface area contributed by atoms with Gasteiger partial charge in [0.25, 0.3) is 5.89 Å². The number of amides is 1. The average Bonchev–Trinajstić information content (AvgIpc) is 3.16. The summed E-state index contributed by atoms with van der Waals surface area (Å²) in [5, 5.41) is 3.34. The zero-order chi connectivity index (χ0) is 15.9. The number of piperidine rings is 1. The standard InChI is InChI=1S/C17H21N3O3/c1-12-13(19-16(23-12)14-3-2-8-22-14)9-15(21)20-6-4-17(5-7-20)10-18-11-17/h2-3,8,18H,4-7,9-11H2,1H3. The first-order valence-corrected chi connectivity index (χ1v) is 8.14. The molecular weight excluding hydrogens is 294 g/mol. The normalized spacial score (nSPS) is 19.8. The summed E-state index contributed by atoms with van der Waals surface area (Å²) in [5.41, 5.74) is 1.15. The average molecular weight is 315 g/mol. The van der Waals surface area contributed by atoms with E-state index in [0.717, 1.165) is 39.0 Å². The number of hydrogen-bond donors (Lipinski definition) is 1. The Morgan fingerprint density at radius 2 is 2.17 bits per heavy atom. The molecule has 2 aliphatic heterocycles. The predicted molar refractivity (Wildman–Crippen MR) is 83.8 cm³/mol. The van der Waals surface area contributed by atoms with Crippen molar-refractivity contribution in [3.05, 3.63) is 29.9 Å². The van der Waals surface area contributed by atoms with Crippen LogP contribution in [0.5, 0.6) is 0 Å². The minimum atomic E-state index is 0.134. The molecule has 1 amide bonds. The number of furan rings is 1. The number of hydrogen-bond acceptors (Lipinski definition) is 5. The smallest absolute Gasteiger partial charge is 0.263 e. The van der Waals surface area contributed by atoms with Gasteiger partial charge in [-0.2, -0.15) is 0 Å². The summed E-state index contributed by atoms with van der Waals surface area (Å²) in [7, 11) is 0. The zero-order valence-corrected chi connectivity index (χ0v) is 13.3. The maximum Gasteiger partial charge on any atom is 0.263 e. The van der Waals surface area contributed by atoms with Gasteiger partial charge in [0.1, 0.15) is 5.76 Å². The van der Waals surface area contributed by atoms with Gasteiger partial charge in [-0.05, 0) is 37.3 Å². The predicted octanol–water partition coefficient (Wildman–Crippen LogP) is 2.00. The molecule has 2 aliphatic rings. The molecule has 0 radical (unpaired) electrons. The summed E-state index contributed by atoms with van der Waals surface area (Å²) >= 11 is 0. The molecule has 4 heterocycles. The van der Waals surface area contributed by atoms with E-state index in [1.165, 1.54) is 0 Å². The lowest BCUT2D eigenvalue weighted by Crippen LogP contribution is -2.58. The van der Waals surface area contributed by atoms with Crippen LogP contribution in [-0.4, -0.2) is 42.0 Å². The SMILES string of the molecule is Cc1oc(-c2ccco2)nc1CC(=O)N1CCC2(CC1)CNC2. The highest BCUT2D eigenvalue weighted by atomic mass is 16.4. The summed E-state index contributed by atoms with van der Waals surface area (Å²) in [6.07, 6.45) is 4.07. The number of nitrogens with zero attached hydrogens (tertiary/aromatic N) is 2. The number of carbonyl (C=O) groups is 1. The van der Waals surface area contributed by atoms with Crippen LogP contribution in [0.1, 0.15) is 24.3 Å². The highest BCUT2D eigenvalue weighted by molar-refractivity contribution is 5.78. The van der Waals surface area contributed by atoms with Crippen molar-refractivity contribution in [3.63, 3.8) is 0 Å². The van der Waals surface area contributed by atoms with Gasteiger partial charge in [-0.3, -0.25) is 4.79 Å². The second-order valence-electron chi connectivity index (χ2n) is 6.66. The van der Waals surface area contributed by atoms with Crippen LogP contribution in [0.2, 0.25) is 0 Å². The van der Waals surface area contributed by atoms with Crippen molar-refractivity contribution in [2.75, 3.05) is 26.2 Å². The maximum atomic E-state index is 12.5. The molecule has 2 aromatic heterocycles. The number of oxazole rings is 1. The van der Waals surface area contributed by atoms with Crippen molar-refractivity contribution in [1.29, 1.82) is 0 Å². The third-order valence-corrected chi connectivity index (χ3v) is 5.12. The largest absolute Gasteiger partial charge is 0.459 e.